The van der Waals surface area contributed by atoms with Crippen molar-refractivity contribution in [1.29, 1.82) is 0 Å². The highest BCUT2D eigenvalue weighted by Crippen LogP contribution is 2.30. The maximum Gasteiger partial charge on any atom is 0.266 e. The molecule has 0 radical (unpaired) electrons. The average Bonchev–Trinajstić information content (AvgIpc) is 3.24. The fourth-order valence-corrected chi connectivity index (χ4v) is 4.21. The molecule has 5 rings (SSSR count). The van der Waals surface area contributed by atoms with Crippen LogP contribution in [0.4, 0.5) is 10.2 Å². The molecule has 0 saturated heterocycles. The number of H-pyrrole nitrogens is 1. The second-order valence-corrected chi connectivity index (χ2v) is 8.04. The molecule has 160 valence electrons. The van der Waals surface area contributed by atoms with Crippen molar-refractivity contribution >= 4 is 51.0 Å². The van der Waals surface area contributed by atoms with E-state index >= 15 is 0 Å². The Hall–Kier alpha value is -3.49. The predicted octanol–water partition coefficient (Wildman–Crippen LogP) is 5.28. The van der Waals surface area contributed by atoms with Crippen molar-refractivity contribution in [2.24, 2.45) is 0 Å². The third-order valence-electron chi connectivity index (χ3n) is 5.19. The Balaban J connectivity index is 1.74. The molecular formula is C22H15Cl2FN6O. The highest BCUT2D eigenvalue weighted by molar-refractivity contribution is 6.35. The van der Waals surface area contributed by atoms with Crippen molar-refractivity contribution in [3.05, 3.63) is 87.0 Å². The normalized spacial score (nSPS) is 12.4. The zero-order valence-electron chi connectivity index (χ0n) is 16.6. The lowest BCUT2D eigenvalue weighted by Gasteiger charge is -2.22. The van der Waals surface area contributed by atoms with E-state index in [0.717, 1.165) is 0 Å². The summed E-state index contributed by atoms with van der Waals surface area (Å²) in [5.74, 6) is -0.114. The van der Waals surface area contributed by atoms with Crippen LogP contribution in [0.5, 0.6) is 0 Å². The molecule has 0 fully saturated rings. The lowest BCUT2D eigenvalue weighted by Crippen LogP contribution is -2.26. The van der Waals surface area contributed by atoms with Crippen LogP contribution in [-0.4, -0.2) is 24.5 Å². The van der Waals surface area contributed by atoms with Gasteiger partial charge in [-0.05, 0) is 42.6 Å². The van der Waals surface area contributed by atoms with Crippen LogP contribution in [0, 0.1) is 5.82 Å². The number of nitrogens with zero attached hydrogens (tertiary/aromatic N) is 4. The van der Waals surface area contributed by atoms with E-state index in [2.05, 4.69) is 25.3 Å². The highest BCUT2D eigenvalue weighted by Gasteiger charge is 2.21. The molecule has 32 heavy (non-hydrogen) atoms. The standard InChI is InChI=1S/C22H15Cl2FN6O/c1-11(30-21-19-20(27-9-26-19)28-10-29-21)17-7-12-3-2-4-15(25)18(12)22(32)31(17)16-6-5-13(23)8-14(16)24/h2-11H,1H3,(H2,26,27,28,29,30)/t11-/m0/s1. The molecule has 10 heteroatoms. The van der Waals surface area contributed by atoms with Crippen molar-refractivity contribution < 1.29 is 4.39 Å². The largest absolute Gasteiger partial charge is 0.360 e. The molecule has 0 saturated carbocycles. The molecule has 2 aromatic carbocycles. The van der Waals surface area contributed by atoms with E-state index in [4.69, 9.17) is 23.2 Å². The minimum absolute atomic E-state index is 0.0220. The van der Waals surface area contributed by atoms with E-state index in [0.29, 0.717) is 38.8 Å². The number of fused-ring (bicyclic) bond motifs is 2. The van der Waals surface area contributed by atoms with Gasteiger partial charge in [-0.3, -0.25) is 9.36 Å². The van der Waals surface area contributed by atoms with Gasteiger partial charge in [0.15, 0.2) is 11.5 Å². The monoisotopic (exact) mass is 468 g/mol. The van der Waals surface area contributed by atoms with Gasteiger partial charge in [-0.2, -0.15) is 0 Å². The first-order valence-corrected chi connectivity index (χ1v) is 10.4. The van der Waals surface area contributed by atoms with E-state index in [1.807, 2.05) is 6.92 Å². The molecule has 0 aliphatic carbocycles. The van der Waals surface area contributed by atoms with Gasteiger partial charge in [0.1, 0.15) is 17.7 Å². The molecule has 0 aliphatic rings. The second kappa shape index (κ2) is 7.89. The summed E-state index contributed by atoms with van der Waals surface area (Å²) in [6.45, 7) is 1.86. The summed E-state index contributed by atoms with van der Waals surface area (Å²) in [4.78, 5) is 29.1. The number of hydrogen-bond donors (Lipinski definition) is 2. The van der Waals surface area contributed by atoms with Gasteiger partial charge < -0.3 is 10.3 Å². The van der Waals surface area contributed by atoms with Gasteiger partial charge >= 0.3 is 0 Å². The van der Waals surface area contributed by atoms with E-state index in [9.17, 15) is 9.18 Å². The van der Waals surface area contributed by atoms with Crippen molar-refractivity contribution in [1.82, 2.24) is 24.5 Å². The molecule has 0 unspecified atom stereocenters. The first-order chi connectivity index (χ1) is 15.4. The predicted molar refractivity (Wildman–Crippen MR) is 123 cm³/mol. The zero-order chi connectivity index (χ0) is 22.4. The Morgan fingerprint density at radius 2 is 1.97 bits per heavy atom. The van der Waals surface area contributed by atoms with Gasteiger partial charge in [0.05, 0.1) is 28.5 Å². The van der Waals surface area contributed by atoms with Gasteiger partial charge in [0, 0.05) is 10.7 Å². The van der Waals surface area contributed by atoms with Gasteiger partial charge in [0.2, 0.25) is 0 Å². The molecule has 0 aliphatic heterocycles. The molecule has 0 bridgehead atoms. The molecule has 0 spiro atoms. The van der Waals surface area contributed by atoms with Crippen LogP contribution in [0.15, 0.2) is 59.9 Å². The molecule has 3 aromatic heterocycles. The maximum absolute atomic E-state index is 14.6. The van der Waals surface area contributed by atoms with E-state index < -0.39 is 17.4 Å². The third kappa shape index (κ3) is 3.37. The van der Waals surface area contributed by atoms with Crippen LogP contribution < -0.4 is 10.9 Å². The average molecular weight is 469 g/mol. The molecular weight excluding hydrogens is 454 g/mol. The van der Waals surface area contributed by atoms with Gasteiger partial charge in [-0.25, -0.2) is 19.3 Å². The van der Waals surface area contributed by atoms with Crippen LogP contribution in [0.1, 0.15) is 18.7 Å². The quantitative estimate of drug-likeness (QED) is 0.374. The molecule has 0 amide bonds. The third-order valence-corrected chi connectivity index (χ3v) is 5.73. The first kappa shape index (κ1) is 20.4. The van der Waals surface area contributed by atoms with Crippen molar-refractivity contribution in [3.8, 4) is 5.69 Å². The maximum atomic E-state index is 14.6. The van der Waals surface area contributed by atoms with Crippen LogP contribution in [-0.2, 0) is 0 Å². The molecule has 3 heterocycles. The van der Waals surface area contributed by atoms with E-state index in [1.54, 1.807) is 30.3 Å². The Bertz CT molecular complexity index is 1550. The fraction of sp³-hybridized carbons (Fsp3) is 0.0909. The zero-order valence-corrected chi connectivity index (χ0v) is 18.1. The highest BCUT2D eigenvalue weighted by atomic mass is 35.5. The minimum Gasteiger partial charge on any atom is -0.360 e. The molecule has 2 N–H and O–H groups in total. The number of rotatable bonds is 4. The van der Waals surface area contributed by atoms with Gasteiger partial charge in [-0.1, -0.05) is 35.3 Å². The number of nitrogens with one attached hydrogen (secondary N) is 2. The summed E-state index contributed by atoms with van der Waals surface area (Å²) in [6, 6.07) is 10.6. The smallest absolute Gasteiger partial charge is 0.266 e. The number of pyridine rings is 1. The van der Waals surface area contributed by atoms with Crippen LogP contribution in [0.2, 0.25) is 10.0 Å². The van der Waals surface area contributed by atoms with Crippen molar-refractivity contribution in [2.75, 3.05) is 5.32 Å². The van der Waals surface area contributed by atoms with Crippen molar-refractivity contribution in [3.63, 3.8) is 0 Å². The lowest BCUT2D eigenvalue weighted by atomic mass is 10.1. The topological polar surface area (TPSA) is 88.5 Å². The summed E-state index contributed by atoms with van der Waals surface area (Å²) in [5.41, 5.74) is 1.56. The number of benzene rings is 2. The summed E-state index contributed by atoms with van der Waals surface area (Å²) in [6.07, 6.45) is 2.94. The van der Waals surface area contributed by atoms with Crippen LogP contribution in [0.25, 0.3) is 27.6 Å². The number of aromatic amines is 1. The Kier molecular flexibility index (Phi) is 5.03. The summed E-state index contributed by atoms with van der Waals surface area (Å²) >= 11 is 12.5. The summed E-state index contributed by atoms with van der Waals surface area (Å²) in [5, 5.41) is 4.42. The second-order valence-electron chi connectivity index (χ2n) is 7.20. The summed E-state index contributed by atoms with van der Waals surface area (Å²) in [7, 11) is 0. The SMILES string of the molecule is C[C@H](Nc1ncnc2[nH]cnc12)c1cc2cccc(F)c2c(=O)n1-c1ccc(Cl)cc1Cl. The van der Waals surface area contributed by atoms with E-state index in [-0.39, 0.29) is 10.4 Å². The Labute approximate surface area is 190 Å². The number of aromatic nitrogens is 5. The number of halogens is 3. The first-order valence-electron chi connectivity index (χ1n) is 9.64. The van der Waals surface area contributed by atoms with E-state index in [1.165, 1.54) is 29.4 Å². The number of hydrogen-bond acceptors (Lipinski definition) is 5. The number of anilines is 1. The Morgan fingerprint density at radius 1 is 1.12 bits per heavy atom. The molecule has 5 aromatic rings. The lowest BCUT2D eigenvalue weighted by molar-refractivity contribution is 0.637. The number of imidazole rings is 1. The van der Waals surface area contributed by atoms with Gasteiger partial charge in [-0.15, -0.1) is 0 Å². The van der Waals surface area contributed by atoms with Crippen LogP contribution in [0.3, 0.4) is 0 Å². The van der Waals surface area contributed by atoms with Crippen LogP contribution >= 0.6 is 23.2 Å². The Morgan fingerprint density at radius 3 is 2.78 bits per heavy atom. The minimum atomic E-state index is -0.604. The van der Waals surface area contributed by atoms with Gasteiger partial charge in [0.25, 0.3) is 5.56 Å². The fourth-order valence-electron chi connectivity index (χ4n) is 3.72. The molecule has 7 nitrogen and oxygen atoms in total. The summed E-state index contributed by atoms with van der Waals surface area (Å²) < 4.78 is 16.0. The molecule has 1 atom stereocenters. The van der Waals surface area contributed by atoms with Crippen molar-refractivity contribution in [2.45, 2.75) is 13.0 Å².